The minimum absolute atomic E-state index is 0.691. The Bertz CT molecular complexity index is 418. The van der Waals surface area contributed by atoms with Gasteiger partial charge < -0.3 is 14.6 Å². The molecule has 1 aromatic rings. The predicted octanol–water partition coefficient (Wildman–Crippen LogP) is 3.17. The van der Waals surface area contributed by atoms with E-state index in [2.05, 4.69) is 10.2 Å². The van der Waals surface area contributed by atoms with Gasteiger partial charge in [-0.2, -0.15) is 0 Å². The molecule has 1 saturated heterocycles. The Morgan fingerprint density at radius 1 is 1.32 bits per heavy atom. The molecule has 2 heterocycles. The van der Waals surface area contributed by atoms with Crippen LogP contribution in [0.25, 0.3) is 0 Å². The molecule has 0 aromatic carbocycles. The Balaban J connectivity index is 1.50. The molecule has 4 heteroatoms. The smallest absolute Gasteiger partial charge is 0.169 e. The lowest BCUT2D eigenvalue weighted by molar-refractivity contribution is 0.129. The van der Waals surface area contributed by atoms with Crippen molar-refractivity contribution in [3.63, 3.8) is 0 Å². The van der Waals surface area contributed by atoms with Gasteiger partial charge in [-0.15, -0.1) is 0 Å². The molecule has 2 atom stereocenters. The van der Waals surface area contributed by atoms with Crippen LogP contribution in [0.15, 0.2) is 22.8 Å². The number of piperidine rings is 1. The van der Waals surface area contributed by atoms with E-state index < -0.39 is 0 Å². The third kappa shape index (κ3) is 3.11. The molecule has 0 amide bonds. The maximum atomic E-state index is 5.51. The average molecular weight is 278 g/mol. The molecule has 2 fully saturated rings. The lowest BCUT2D eigenvalue weighted by Crippen LogP contribution is -2.48. The van der Waals surface area contributed by atoms with E-state index in [4.69, 9.17) is 16.6 Å². The zero-order valence-corrected chi connectivity index (χ0v) is 12.1. The zero-order valence-electron chi connectivity index (χ0n) is 11.3. The number of fused-ring (bicyclic) bond motifs is 1. The predicted molar refractivity (Wildman–Crippen MR) is 79.8 cm³/mol. The number of nitrogens with zero attached hydrogens (tertiary/aromatic N) is 1. The molecule has 1 N–H and O–H groups in total. The third-order valence-corrected chi connectivity index (χ3v) is 4.97. The van der Waals surface area contributed by atoms with E-state index in [1.165, 1.54) is 32.1 Å². The quantitative estimate of drug-likeness (QED) is 0.841. The molecule has 1 aromatic heterocycles. The Morgan fingerprint density at radius 3 is 2.95 bits per heavy atom. The molecule has 19 heavy (non-hydrogen) atoms. The number of likely N-dealkylation sites (tertiary alicyclic amines) is 1. The van der Waals surface area contributed by atoms with E-state index in [0.717, 1.165) is 35.8 Å². The van der Waals surface area contributed by atoms with E-state index in [1.54, 1.807) is 6.26 Å². The molecule has 0 radical (unpaired) electrons. The molecule has 1 aliphatic carbocycles. The fourth-order valence-electron chi connectivity index (χ4n) is 3.47. The number of furan rings is 1. The lowest BCUT2D eigenvalue weighted by Gasteiger charge is -2.42. The molecule has 1 saturated carbocycles. The van der Waals surface area contributed by atoms with Gasteiger partial charge in [-0.05, 0) is 49.0 Å². The lowest BCUT2D eigenvalue weighted by atomic mass is 9.75. The van der Waals surface area contributed by atoms with Gasteiger partial charge in [-0.25, -0.2) is 0 Å². The second-order valence-corrected chi connectivity index (χ2v) is 6.16. The average Bonchev–Trinajstić information content (AvgIpc) is 2.97. The largest absolute Gasteiger partial charge is 0.467 e. The fourth-order valence-corrected chi connectivity index (χ4v) is 3.71. The number of nitrogens with one attached hydrogen (secondary N) is 1. The van der Waals surface area contributed by atoms with Crippen molar-refractivity contribution in [3.8, 4) is 0 Å². The highest BCUT2D eigenvalue weighted by Gasteiger charge is 2.31. The molecule has 0 unspecified atom stereocenters. The van der Waals surface area contributed by atoms with Crippen LogP contribution >= 0.6 is 12.2 Å². The van der Waals surface area contributed by atoms with Crippen LogP contribution in [0, 0.1) is 11.8 Å². The molecule has 1 aliphatic heterocycles. The van der Waals surface area contributed by atoms with Crippen molar-refractivity contribution in [1.29, 1.82) is 0 Å². The monoisotopic (exact) mass is 278 g/mol. The standard InChI is InChI=1S/C15H22N2OS/c19-15(16-10-14-6-3-9-18-14)17-8-7-12-4-1-2-5-13(12)11-17/h3,6,9,12-13H,1-2,4-5,7-8,10-11H2,(H,16,19)/t12-,13-/m0/s1. The maximum Gasteiger partial charge on any atom is 0.169 e. The van der Waals surface area contributed by atoms with E-state index in [9.17, 15) is 0 Å². The summed E-state index contributed by atoms with van der Waals surface area (Å²) in [5.74, 6) is 2.76. The van der Waals surface area contributed by atoms with E-state index >= 15 is 0 Å². The van der Waals surface area contributed by atoms with Crippen LogP contribution in [0.3, 0.4) is 0 Å². The topological polar surface area (TPSA) is 28.4 Å². The Morgan fingerprint density at radius 2 is 2.16 bits per heavy atom. The summed E-state index contributed by atoms with van der Waals surface area (Å²) in [5, 5.41) is 4.20. The van der Waals surface area contributed by atoms with E-state index in [-0.39, 0.29) is 0 Å². The summed E-state index contributed by atoms with van der Waals surface area (Å²) in [6, 6.07) is 3.89. The van der Waals surface area contributed by atoms with Gasteiger partial charge in [0.1, 0.15) is 5.76 Å². The highest BCUT2D eigenvalue weighted by atomic mass is 32.1. The molecule has 3 rings (SSSR count). The maximum absolute atomic E-state index is 5.51. The van der Waals surface area contributed by atoms with Crippen LogP contribution in [-0.4, -0.2) is 23.1 Å². The SMILES string of the molecule is S=C(NCc1ccco1)N1CC[C@@H]2CCCC[C@H]2C1. The van der Waals surface area contributed by atoms with Crippen LogP contribution in [0.1, 0.15) is 37.9 Å². The highest BCUT2D eigenvalue weighted by Crippen LogP contribution is 2.35. The van der Waals surface area contributed by atoms with Gasteiger partial charge in [0.2, 0.25) is 0 Å². The van der Waals surface area contributed by atoms with Crippen LogP contribution in [0.2, 0.25) is 0 Å². The Kier molecular flexibility index (Phi) is 4.06. The van der Waals surface area contributed by atoms with Gasteiger partial charge in [0.15, 0.2) is 5.11 Å². The van der Waals surface area contributed by atoms with Gasteiger partial charge in [-0.3, -0.25) is 0 Å². The summed E-state index contributed by atoms with van der Waals surface area (Å²) in [6.07, 6.45) is 8.68. The molecule has 104 valence electrons. The minimum Gasteiger partial charge on any atom is -0.467 e. The first-order chi connectivity index (χ1) is 9.33. The van der Waals surface area contributed by atoms with Gasteiger partial charge in [0, 0.05) is 13.1 Å². The normalized spacial score (nSPS) is 26.8. The van der Waals surface area contributed by atoms with Gasteiger partial charge in [0.05, 0.1) is 12.8 Å². The number of rotatable bonds is 2. The number of hydrogen-bond donors (Lipinski definition) is 1. The van der Waals surface area contributed by atoms with Crippen molar-refractivity contribution in [1.82, 2.24) is 10.2 Å². The van der Waals surface area contributed by atoms with Gasteiger partial charge >= 0.3 is 0 Å². The molecule has 0 bridgehead atoms. The summed E-state index contributed by atoms with van der Waals surface area (Å²) < 4.78 is 5.32. The molecule has 2 aliphatic rings. The highest BCUT2D eigenvalue weighted by molar-refractivity contribution is 7.80. The van der Waals surface area contributed by atoms with Gasteiger partial charge in [-0.1, -0.05) is 19.3 Å². The third-order valence-electron chi connectivity index (χ3n) is 4.57. The summed E-state index contributed by atoms with van der Waals surface area (Å²) in [4.78, 5) is 2.35. The van der Waals surface area contributed by atoms with E-state index in [1.807, 2.05) is 12.1 Å². The van der Waals surface area contributed by atoms with Gasteiger partial charge in [0.25, 0.3) is 0 Å². The summed E-state index contributed by atoms with van der Waals surface area (Å²) >= 11 is 5.51. The van der Waals surface area contributed by atoms with Crippen LogP contribution in [-0.2, 0) is 6.54 Å². The molecule has 0 spiro atoms. The van der Waals surface area contributed by atoms with Crippen molar-refractivity contribution in [3.05, 3.63) is 24.2 Å². The first-order valence-corrected chi connectivity index (χ1v) is 7.79. The van der Waals surface area contributed by atoms with Crippen molar-refractivity contribution in [2.75, 3.05) is 13.1 Å². The Hall–Kier alpha value is -1.03. The molecule has 3 nitrogen and oxygen atoms in total. The first kappa shape index (κ1) is 13.0. The summed E-state index contributed by atoms with van der Waals surface area (Å²) in [5.41, 5.74) is 0. The van der Waals surface area contributed by atoms with Crippen molar-refractivity contribution < 1.29 is 4.42 Å². The molecular weight excluding hydrogens is 256 g/mol. The Labute approximate surface area is 120 Å². The summed E-state index contributed by atoms with van der Waals surface area (Å²) in [6.45, 7) is 2.95. The van der Waals surface area contributed by atoms with Crippen molar-refractivity contribution in [2.24, 2.45) is 11.8 Å². The minimum atomic E-state index is 0.691. The second-order valence-electron chi connectivity index (χ2n) is 5.78. The summed E-state index contributed by atoms with van der Waals surface area (Å²) in [7, 11) is 0. The first-order valence-electron chi connectivity index (χ1n) is 7.38. The van der Waals surface area contributed by atoms with Crippen molar-refractivity contribution in [2.45, 2.75) is 38.6 Å². The van der Waals surface area contributed by atoms with E-state index in [0.29, 0.717) is 6.54 Å². The van der Waals surface area contributed by atoms with Crippen LogP contribution in [0.5, 0.6) is 0 Å². The van der Waals surface area contributed by atoms with Crippen molar-refractivity contribution >= 4 is 17.3 Å². The zero-order chi connectivity index (χ0) is 13.1. The number of thiocarbonyl (C=S) groups is 1. The second kappa shape index (κ2) is 5.95. The fraction of sp³-hybridized carbons (Fsp3) is 0.667. The van der Waals surface area contributed by atoms with Crippen LogP contribution < -0.4 is 5.32 Å². The molecular formula is C15H22N2OS. The van der Waals surface area contributed by atoms with Crippen LogP contribution in [0.4, 0.5) is 0 Å². The number of hydrogen-bond acceptors (Lipinski definition) is 2.